The van der Waals surface area contributed by atoms with Crippen molar-refractivity contribution in [1.82, 2.24) is 0 Å². The van der Waals surface area contributed by atoms with Gasteiger partial charge in [-0.15, -0.1) is 5.26 Å². The Hall–Kier alpha value is -4.18. The third-order valence-electron chi connectivity index (χ3n) is 4.99. The Kier molecular flexibility index (Phi) is 7.77. The molecule has 7 heteroatoms. The van der Waals surface area contributed by atoms with Crippen molar-refractivity contribution in [3.63, 3.8) is 0 Å². The summed E-state index contributed by atoms with van der Waals surface area (Å²) in [5.74, 6) is 0.334. The Balaban J connectivity index is 2.01. The quantitative estimate of drug-likeness (QED) is 0.274. The molecular weight excluding hydrogens is 419 g/mol. The second-order valence-electron chi connectivity index (χ2n) is 7.30. The third-order valence-corrected chi connectivity index (χ3v) is 4.99. The van der Waals surface area contributed by atoms with E-state index < -0.39 is 0 Å². The summed E-state index contributed by atoms with van der Waals surface area (Å²) in [6.45, 7) is 4.35. The lowest BCUT2D eigenvalue weighted by molar-refractivity contribution is 0.384. The number of hydrogen-bond acceptors (Lipinski definition) is 5. The van der Waals surface area contributed by atoms with Crippen molar-refractivity contribution in [1.29, 1.82) is 5.26 Å². The Bertz CT molecular complexity index is 1230. The number of benzene rings is 3. The first-order valence-corrected chi connectivity index (χ1v) is 10.4. The summed E-state index contributed by atoms with van der Waals surface area (Å²) < 4.78 is 24.0. The van der Waals surface area contributed by atoms with Crippen molar-refractivity contribution in [2.45, 2.75) is 26.8 Å². The Labute approximate surface area is 192 Å². The van der Waals surface area contributed by atoms with Gasteiger partial charge in [0.2, 0.25) is 0 Å². The van der Waals surface area contributed by atoms with Crippen LogP contribution in [0.1, 0.15) is 30.0 Å². The van der Waals surface area contributed by atoms with Gasteiger partial charge < -0.3 is 15.2 Å². The second kappa shape index (κ2) is 10.9. The average Bonchev–Trinajstić information content (AvgIpc) is 2.83. The van der Waals surface area contributed by atoms with E-state index in [-0.39, 0.29) is 17.4 Å². The number of ether oxygens (including phenoxy) is 2. The van der Waals surface area contributed by atoms with E-state index in [1.165, 1.54) is 19.2 Å². The van der Waals surface area contributed by atoms with E-state index in [9.17, 15) is 4.39 Å². The number of halogens is 1. The molecule has 0 heterocycles. The van der Waals surface area contributed by atoms with Crippen molar-refractivity contribution in [3.8, 4) is 28.9 Å². The summed E-state index contributed by atoms with van der Waals surface area (Å²) in [7, 11) is 1.47. The van der Waals surface area contributed by atoms with Gasteiger partial charge in [-0.1, -0.05) is 31.2 Å². The molecule has 0 radical (unpaired) electrons. The Morgan fingerprint density at radius 3 is 2.55 bits per heavy atom. The second-order valence-corrected chi connectivity index (χ2v) is 7.30. The van der Waals surface area contributed by atoms with Gasteiger partial charge in [-0.2, -0.15) is 0 Å². The van der Waals surface area contributed by atoms with Gasteiger partial charge in [0, 0.05) is 6.21 Å². The Morgan fingerprint density at radius 1 is 1.12 bits per heavy atom. The van der Waals surface area contributed by atoms with Crippen molar-refractivity contribution in [3.05, 3.63) is 77.1 Å². The predicted molar refractivity (Wildman–Crippen MR) is 129 cm³/mol. The van der Waals surface area contributed by atoms with Crippen LogP contribution < -0.4 is 15.2 Å². The first-order chi connectivity index (χ1) is 16.0. The van der Waals surface area contributed by atoms with Crippen molar-refractivity contribution < 1.29 is 13.9 Å². The molecule has 3 aromatic rings. The lowest BCUT2D eigenvalue weighted by Gasteiger charge is -2.14. The third kappa shape index (κ3) is 5.74. The molecule has 3 rings (SSSR count). The van der Waals surface area contributed by atoms with E-state index in [0.717, 1.165) is 34.4 Å². The minimum absolute atomic E-state index is 0.171. The van der Waals surface area contributed by atoms with Gasteiger partial charge in [0.15, 0.2) is 11.5 Å². The van der Waals surface area contributed by atoms with Crippen LogP contribution in [0.4, 0.5) is 10.1 Å². The van der Waals surface area contributed by atoms with Gasteiger partial charge in [-0.25, -0.2) is 4.39 Å². The molecule has 0 aliphatic heterocycles. The standard InChI is InChI=1S/C26H25FN4O2/c1-4-11-30-23-12-18(6-5-17(23)2)15-31-26(29)22-13-20(19-7-9-21(27)10-8-19)14-24(32-3)25(22)33-16-28/h5-14H,4,15H2,1-3H3,(H2,29,31). The molecule has 0 fully saturated rings. The summed E-state index contributed by atoms with van der Waals surface area (Å²) in [5.41, 5.74) is 11.1. The minimum atomic E-state index is -0.336. The first-order valence-electron chi connectivity index (χ1n) is 10.4. The molecule has 33 heavy (non-hydrogen) atoms. The summed E-state index contributed by atoms with van der Waals surface area (Å²) >= 11 is 0. The first kappa shape index (κ1) is 23.5. The van der Waals surface area contributed by atoms with E-state index in [1.54, 1.807) is 30.5 Å². The van der Waals surface area contributed by atoms with E-state index in [2.05, 4.69) is 9.98 Å². The molecule has 0 atom stereocenters. The van der Waals surface area contributed by atoms with Gasteiger partial charge >= 0.3 is 0 Å². The molecule has 0 aromatic heterocycles. The van der Waals surface area contributed by atoms with Gasteiger partial charge in [0.25, 0.3) is 6.26 Å². The summed E-state index contributed by atoms with van der Waals surface area (Å²) in [6, 6.07) is 15.4. The van der Waals surface area contributed by atoms with Crippen LogP contribution >= 0.6 is 0 Å². The van der Waals surface area contributed by atoms with E-state index in [1.807, 2.05) is 38.3 Å². The SMILES string of the molecule is CCC=Nc1cc(CN=C(N)c2cc(-c3ccc(F)cc3)cc(OC)c2OC#N)ccc1C. The smallest absolute Gasteiger partial charge is 0.292 e. The lowest BCUT2D eigenvalue weighted by atomic mass is 10.0. The van der Waals surface area contributed by atoms with Crippen LogP contribution in [0.15, 0.2) is 64.6 Å². The van der Waals surface area contributed by atoms with Gasteiger partial charge in [0.1, 0.15) is 11.7 Å². The molecule has 0 bridgehead atoms. The largest absolute Gasteiger partial charge is 0.493 e. The molecule has 0 aliphatic carbocycles. The fourth-order valence-electron chi connectivity index (χ4n) is 3.25. The zero-order valence-electron chi connectivity index (χ0n) is 18.8. The number of aliphatic imine (C=N–C) groups is 2. The molecular formula is C26H25FN4O2. The van der Waals surface area contributed by atoms with Crippen molar-refractivity contribution in [2.24, 2.45) is 15.7 Å². The molecule has 3 aromatic carbocycles. The number of nitrogens with two attached hydrogens (primary N) is 1. The van der Waals surface area contributed by atoms with Crippen molar-refractivity contribution in [2.75, 3.05) is 7.11 Å². The highest BCUT2D eigenvalue weighted by molar-refractivity contribution is 6.02. The van der Waals surface area contributed by atoms with Gasteiger partial charge in [-0.3, -0.25) is 9.98 Å². The molecule has 0 unspecified atom stereocenters. The number of nitrogens with zero attached hydrogens (tertiary/aromatic N) is 3. The fourth-order valence-corrected chi connectivity index (χ4v) is 3.25. The molecule has 0 amide bonds. The fraction of sp³-hybridized carbons (Fsp3) is 0.192. The maximum Gasteiger partial charge on any atom is 0.292 e. The number of amidine groups is 1. The maximum absolute atomic E-state index is 13.4. The molecule has 0 aliphatic rings. The normalized spacial score (nSPS) is 11.4. The van der Waals surface area contributed by atoms with Crippen LogP contribution in [-0.4, -0.2) is 19.2 Å². The van der Waals surface area contributed by atoms with E-state index in [0.29, 0.717) is 17.9 Å². The molecule has 0 spiro atoms. The number of aryl methyl sites for hydroxylation is 1. The minimum Gasteiger partial charge on any atom is -0.493 e. The average molecular weight is 445 g/mol. The van der Waals surface area contributed by atoms with Crippen LogP contribution in [0.25, 0.3) is 11.1 Å². The van der Waals surface area contributed by atoms with Gasteiger partial charge in [-0.05, 0) is 65.9 Å². The van der Waals surface area contributed by atoms with Crippen LogP contribution in [0.5, 0.6) is 11.5 Å². The number of methoxy groups -OCH3 is 1. The molecule has 0 saturated carbocycles. The molecule has 6 nitrogen and oxygen atoms in total. The molecule has 2 N–H and O–H groups in total. The zero-order chi connectivity index (χ0) is 23.8. The van der Waals surface area contributed by atoms with Crippen molar-refractivity contribution >= 4 is 17.7 Å². The topological polar surface area (TPSA) is 93.0 Å². The number of rotatable bonds is 8. The van der Waals surface area contributed by atoms with Crippen LogP contribution in [0, 0.1) is 24.3 Å². The summed E-state index contributed by atoms with van der Waals surface area (Å²) in [5, 5.41) is 9.13. The highest BCUT2D eigenvalue weighted by atomic mass is 19.1. The van der Waals surface area contributed by atoms with Crippen LogP contribution in [0.2, 0.25) is 0 Å². The zero-order valence-corrected chi connectivity index (χ0v) is 18.8. The van der Waals surface area contributed by atoms with Gasteiger partial charge in [0.05, 0.1) is 24.9 Å². The predicted octanol–water partition coefficient (Wildman–Crippen LogP) is 5.69. The highest BCUT2D eigenvalue weighted by Gasteiger charge is 2.18. The highest BCUT2D eigenvalue weighted by Crippen LogP contribution is 2.36. The van der Waals surface area contributed by atoms with Crippen LogP contribution in [-0.2, 0) is 6.54 Å². The molecule has 168 valence electrons. The molecule has 0 saturated heterocycles. The summed E-state index contributed by atoms with van der Waals surface area (Å²) in [6.07, 6.45) is 4.39. The monoisotopic (exact) mass is 444 g/mol. The summed E-state index contributed by atoms with van der Waals surface area (Å²) in [4.78, 5) is 9.00. The van der Waals surface area contributed by atoms with E-state index >= 15 is 0 Å². The number of nitriles is 1. The van der Waals surface area contributed by atoms with E-state index in [4.69, 9.17) is 20.5 Å². The lowest BCUT2D eigenvalue weighted by Crippen LogP contribution is -2.15. The maximum atomic E-state index is 13.4. The van der Waals surface area contributed by atoms with Crippen LogP contribution in [0.3, 0.4) is 0 Å². The number of hydrogen-bond donors (Lipinski definition) is 1. The Morgan fingerprint density at radius 2 is 1.88 bits per heavy atom.